The van der Waals surface area contributed by atoms with Crippen LogP contribution in [0.5, 0.6) is 5.75 Å². The van der Waals surface area contributed by atoms with E-state index in [4.69, 9.17) is 52.8 Å². The zero-order valence-electron chi connectivity index (χ0n) is 43.0. The number of phenolic OH excluding ortho intramolecular Hbond substituents is 1. The predicted molar refractivity (Wildman–Crippen MR) is 280 cm³/mol. The molecule has 5 heterocycles. The molecule has 6 rings (SSSR count). The van der Waals surface area contributed by atoms with Gasteiger partial charge in [0.15, 0.2) is 0 Å². The summed E-state index contributed by atoms with van der Waals surface area (Å²) >= 11 is 0. The van der Waals surface area contributed by atoms with E-state index in [0.717, 1.165) is 31.2 Å². The van der Waals surface area contributed by atoms with E-state index in [1.54, 1.807) is 39.8 Å². The Morgan fingerprint density at radius 3 is 1.73 bits per heavy atom. The molecule has 0 bridgehead atoms. The highest BCUT2D eigenvalue weighted by molar-refractivity contribution is 5.85. The number of benzene rings is 1. The molecule has 4 aromatic rings. The van der Waals surface area contributed by atoms with Crippen LogP contribution in [0, 0.1) is 24.2 Å². The number of halogens is 1. The van der Waals surface area contributed by atoms with Crippen molar-refractivity contribution in [2.45, 2.75) is 90.4 Å². The van der Waals surface area contributed by atoms with Crippen molar-refractivity contribution in [3.8, 4) is 18.1 Å². The number of hydrogen-bond donors (Lipinski definition) is 5. The summed E-state index contributed by atoms with van der Waals surface area (Å²) in [5, 5.41) is 30.9. The number of aromatic nitrogens is 9. The molecule has 2 aliphatic heterocycles. The van der Waals surface area contributed by atoms with Crippen LogP contribution in [-0.4, -0.2) is 177 Å². The van der Waals surface area contributed by atoms with Gasteiger partial charge in [-0.15, -0.1) is 29.0 Å². The Kier molecular flexibility index (Phi) is 23.8. The summed E-state index contributed by atoms with van der Waals surface area (Å²) in [6.45, 7) is 15.1. The van der Waals surface area contributed by atoms with Gasteiger partial charge in [0.25, 0.3) is 0 Å². The SMILES string of the molecule is C#CCOCCOCCOCCNc1nc(N2CCN(C(=O)[C@H](CCCCN)n3cc([C@@H](N)C(C)CC)nn3)CC2)nc(N2CCN(C(=O)[C@H](Cc3ccc(O)cc3)n3cc([C@@H](N)C(C)CC)nn3)CC2)n1.Cl. The fourth-order valence-corrected chi connectivity index (χ4v) is 8.48. The van der Waals surface area contributed by atoms with Crippen molar-refractivity contribution in [3.63, 3.8) is 0 Å². The van der Waals surface area contributed by atoms with Gasteiger partial charge in [-0.2, -0.15) is 15.0 Å². The third-order valence-corrected chi connectivity index (χ3v) is 13.6. The highest BCUT2D eigenvalue weighted by Gasteiger charge is 2.34. The Morgan fingerprint density at radius 1 is 0.726 bits per heavy atom. The number of anilines is 3. The molecular formula is C49H78ClN17O6. The number of piperazine rings is 2. The topological polar surface area (TPSA) is 285 Å². The molecule has 2 aliphatic rings. The Labute approximate surface area is 435 Å². The second kappa shape index (κ2) is 29.8. The molecule has 23 nitrogen and oxygen atoms in total. The highest BCUT2D eigenvalue weighted by atomic mass is 35.5. The van der Waals surface area contributed by atoms with E-state index in [1.165, 1.54) is 0 Å². The number of ether oxygens (including phenoxy) is 3. The summed E-state index contributed by atoms with van der Waals surface area (Å²) in [5.74, 6) is 4.14. The van der Waals surface area contributed by atoms with Crippen molar-refractivity contribution in [2.75, 3.05) is 120 Å². The van der Waals surface area contributed by atoms with E-state index >= 15 is 0 Å². The number of nitrogens with two attached hydrogens (primary N) is 3. The third-order valence-electron chi connectivity index (χ3n) is 13.6. The third kappa shape index (κ3) is 16.6. The second-order valence-electron chi connectivity index (χ2n) is 18.5. The Morgan fingerprint density at radius 2 is 1.22 bits per heavy atom. The molecular weight excluding hydrogens is 958 g/mol. The first-order valence-corrected chi connectivity index (χ1v) is 25.5. The Bertz CT molecular complexity index is 2300. The molecule has 73 heavy (non-hydrogen) atoms. The van der Waals surface area contributed by atoms with Crippen LogP contribution in [-0.2, 0) is 30.2 Å². The lowest BCUT2D eigenvalue weighted by molar-refractivity contribution is -0.136. The first-order valence-electron chi connectivity index (χ1n) is 25.5. The van der Waals surface area contributed by atoms with Gasteiger partial charge in [-0.1, -0.05) is 69.0 Å². The van der Waals surface area contributed by atoms with Gasteiger partial charge in [0.05, 0.1) is 68.9 Å². The molecule has 402 valence electrons. The van der Waals surface area contributed by atoms with Crippen molar-refractivity contribution in [1.29, 1.82) is 0 Å². The molecule has 8 N–H and O–H groups in total. The number of amides is 2. The maximum absolute atomic E-state index is 14.5. The number of phenols is 1. The molecule has 2 amide bonds. The number of nitrogens with zero attached hydrogens (tertiary/aromatic N) is 13. The fraction of sp³-hybridized carbons (Fsp3) is 0.653. The molecule has 0 spiro atoms. The minimum absolute atomic E-state index is 0. The van der Waals surface area contributed by atoms with Crippen molar-refractivity contribution in [3.05, 3.63) is 53.6 Å². The summed E-state index contributed by atoms with van der Waals surface area (Å²) in [5.41, 5.74) is 21.1. The maximum atomic E-state index is 14.5. The van der Waals surface area contributed by atoms with Gasteiger partial charge >= 0.3 is 0 Å². The van der Waals surface area contributed by atoms with E-state index in [1.807, 2.05) is 16.0 Å². The molecule has 1 aromatic carbocycles. The normalized spacial score (nSPS) is 16.5. The zero-order chi connectivity index (χ0) is 51.4. The van der Waals surface area contributed by atoms with Crippen LogP contribution in [0.2, 0.25) is 0 Å². The van der Waals surface area contributed by atoms with Crippen LogP contribution in [0.15, 0.2) is 36.7 Å². The molecule has 0 aliphatic carbocycles. The molecule has 2 unspecified atom stereocenters. The van der Waals surface area contributed by atoms with Crippen LogP contribution in [0.1, 0.15) is 101 Å². The number of carbonyl (C=O) groups excluding carboxylic acids is 2. The second-order valence-corrected chi connectivity index (χ2v) is 18.5. The predicted octanol–water partition coefficient (Wildman–Crippen LogP) is 2.52. The van der Waals surface area contributed by atoms with E-state index in [2.05, 4.69) is 69.4 Å². The van der Waals surface area contributed by atoms with Crippen LogP contribution >= 0.6 is 12.4 Å². The number of aromatic hydroxyl groups is 1. The van der Waals surface area contributed by atoms with Gasteiger partial charge in [-0.3, -0.25) is 9.59 Å². The number of nitrogens with one attached hydrogen (secondary N) is 1. The molecule has 24 heteroatoms. The number of unbranched alkanes of at least 4 members (excludes halogenated alkanes) is 1. The summed E-state index contributed by atoms with van der Waals surface area (Å²) in [7, 11) is 0. The molecule has 2 saturated heterocycles. The van der Waals surface area contributed by atoms with Gasteiger partial charge in [0, 0.05) is 65.3 Å². The molecule has 3 aromatic heterocycles. The summed E-state index contributed by atoms with van der Waals surface area (Å²) in [6, 6.07) is 5.01. The van der Waals surface area contributed by atoms with Gasteiger partial charge in [0.2, 0.25) is 29.7 Å². The zero-order valence-corrected chi connectivity index (χ0v) is 43.8. The highest BCUT2D eigenvalue weighted by Crippen LogP contribution is 2.27. The van der Waals surface area contributed by atoms with E-state index in [0.29, 0.717) is 141 Å². The van der Waals surface area contributed by atoms with Crippen LogP contribution < -0.4 is 32.3 Å². The fourth-order valence-electron chi connectivity index (χ4n) is 8.48. The molecule has 6 atom stereocenters. The van der Waals surface area contributed by atoms with E-state index in [9.17, 15) is 14.7 Å². The number of hydrogen-bond acceptors (Lipinski definition) is 19. The van der Waals surface area contributed by atoms with Crippen molar-refractivity contribution < 1.29 is 28.9 Å². The van der Waals surface area contributed by atoms with Crippen LogP contribution in [0.25, 0.3) is 0 Å². The summed E-state index contributed by atoms with van der Waals surface area (Å²) in [4.78, 5) is 51.3. The average Bonchev–Trinajstić information content (AvgIpc) is 4.11. The molecule has 2 fully saturated rings. The smallest absolute Gasteiger partial charge is 0.247 e. The quantitative estimate of drug-likeness (QED) is 0.0386. The maximum Gasteiger partial charge on any atom is 0.247 e. The number of carbonyl (C=O) groups is 2. The molecule has 0 radical (unpaired) electrons. The van der Waals surface area contributed by atoms with Crippen LogP contribution in [0.4, 0.5) is 17.8 Å². The minimum Gasteiger partial charge on any atom is -0.508 e. The monoisotopic (exact) mass is 1040 g/mol. The van der Waals surface area contributed by atoms with Gasteiger partial charge in [0.1, 0.15) is 24.4 Å². The van der Waals surface area contributed by atoms with Gasteiger partial charge in [-0.05, 0) is 55.3 Å². The average molecular weight is 1040 g/mol. The first-order chi connectivity index (χ1) is 34.9. The van der Waals surface area contributed by atoms with E-state index < -0.39 is 12.1 Å². The standard InChI is InChI=1S/C49H77N17O6.ClH/c1-6-26-70-28-30-72-31-29-71-27-17-53-47-54-48(63-22-18-61(19-23-63)45(68)41(11-9-10-16-50)65-33-39(57-59-65)43(51)35(4)7-2)56-49(55-47)64-24-20-62(21-25-64)46(69)42(32-37-12-14-38(67)15-13-37)66-34-40(58-60-66)44(52)36(5)8-3;/h1,12-15,33-36,41-44,67H,7-11,16-32,50-52H2,2-5H3,(H,53,54,55,56);1H/t35?,36?,41-,42-,43-,44-;/m0./s1. The van der Waals surface area contributed by atoms with Crippen molar-refractivity contribution in [1.82, 2.24) is 54.7 Å². The van der Waals surface area contributed by atoms with Crippen molar-refractivity contribution in [2.24, 2.45) is 29.0 Å². The van der Waals surface area contributed by atoms with E-state index in [-0.39, 0.29) is 60.5 Å². The lowest BCUT2D eigenvalue weighted by atomic mass is 9.98. The number of terminal acetylenes is 1. The Balaban J connectivity index is 0.00000988. The van der Waals surface area contributed by atoms with Crippen LogP contribution in [0.3, 0.4) is 0 Å². The number of rotatable bonds is 29. The lowest BCUT2D eigenvalue weighted by Crippen LogP contribution is -2.52. The van der Waals surface area contributed by atoms with Crippen molar-refractivity contribution >= 4 is 42.1 Å². The first kappa shape index (κ1) is 58.2. The Hall–Kier alpha value is -5.74. The minimum atomic E-state index is -0.693. The largest absolute Gasteiger partial charge is 0.508 e. The summed E-state index contributed by atoms with van der Waals surface area (Å²) < 4.78 is 19.9. The van der Waals surface area contributed by atoms with Gasteiger partial charge in [-0.25, -0.2) is 9.36 Å². The summed E-state index contributed by atoms with van der Waals surface area (Å²) in [6.07, 6.45) is 13.1. The lowest BCUT2D eigenvalue weighted by Gasteiger charge is -2.38. The van der Waals surface area contributed by atoms with Gasteiger partial charge < -0.3 is 61.4 Å². The molecule has 0 saturated carbocycles.